The Kier molecular flexibility index (Phi) is 13.4. The minimum Gasteiger partial charge on any atom is -0.499 e. The summed E-state index contributed by atoms with van der Waals surface area (Å²) in [5, 5.41) is 8.69. The van der Waals surface area contributed by atoms with Crippen molar-refractivity contribution in [2.45, 2.75) is 53.1 Å². The molecule has 7 nitrogen and oxygen atoms in total. The Morgan fingerprint density at radius 2 is 1.71 bits per heavy atom. The van der Waals surface area contributed by atoms with Crippen LogP contribution in [0.3, 0.4) is 0 Å². The molecule has 1 atom stereocenters. The van der Waals surface area contributed by atoms with Gasteiger partial charge in [0.2, 0.25) is 0 Å². The Balaban J connectivity index is 0. The molecule has 0 rings (SSSR count). The minimum absolute atomic E-state index is 0.0275. The van der Waals surface area contributed by atoms with Crippen molar-refractivity contribution < 1.29 is 33.7 Å². The number of ether oxygens (including phenoxy) is 3. The van der Waals surface area contributed by atoms with Crippen LogP contribution in [-0.4, -0.2) is 35.7 Å². The molecular weight excluding hydrogens is 316 g/mol. The molecule has 0 fully saturated rings. The van der Waals surface area contributed by atoms with Crippen molar-refractivity contribution in [3.8, 4) is 0 Å². The fourth-order valence-electron chi connectivity index (χ4n) is 1.30. The van der Waals surface area contributed by atoms with Gasteiger partial charge in [0, 0.05) is 26.4 Å². The zero-order chi connectivity index (χ0) is 19.2. The Hall–Kier alpha value is -2.15. The van der Waals surface area contributed by atoms with Crippen LogP contribution in [0.5, 0.6) is 0 Å². The molecule has 0 radical (unpaired) electrons. The molecule has 0 spiro atoms. The van der Waals surface area contributed by atoms with Gasteiger partial charge in [-0.1, -0.05) is 13.2 Å². The number of esters is 3. The van der Waals surface area contributed by atoms with E-state index in [2.05, 4.69) is 22.6 Å². The van der Waals surface area contributed by atoms with Crippen molar-refractivity contribution >= 4 is 17.9 Å². The van der Waals surface area contributed by atoms with E-state index < -0.39 is 17.4 Å². The topological polar surface area (TPSA) is 99.1 Å². The third kappa shape index (κ3) is 14.8. The van der Waals surface area contributed by atoms with Crippen LogP contribution < -0.4 is 0 Å². The zero-order valence-corrected chi connectivity index (χ0v) is 14.9. The van der Waals surface area contributed by atoms with Gasteiger partial charge in [0.1, 0.15) is 6.10 Å². The average Bonchev–Trinajstić information content (AvgIpc) is 2.44. The molecule has 138 valence electrons. The van der Waals surface area contributed by atoms with Gasteiger partial charge in [-0.05, 0) is 27.2 Å². The first-order valence-corrected chi connectivity index (χ1v) is 7.48. The number of rotatable bonds is 8. The Labute approximate surface area is 143 Å². The quantitative estimate of drug-likeness (QED) is 0.410. The lowest BCUT2D eigenvalue weighted by atomic mass is 9.98. The van der Waals surface area contributed by atoms with E-state index in [1.54, 1.807) is 20.8 Å². The van der Waals surface area contributed by atoms with Gasteiger partial charge < -0.3 is 19.3 Å². The van der Waals surface area contributed by atoms with Gasteiger partial charge in [-0.2, -0.15) is 0 Å². The summed E-state index contributed by atoms with van der Waals surface area (Å²) < 4.78 is 13.9. The van der Waals surface area contributed by atoms with Gasteiger partial charge in [-0.3, -0.25) is 14.4 Å². The normalized spacial score (nSPS) is 11.2. The summed E-state index contributed by atoms with van der Waals surface area (Å²) in [4.78, 5) is 32.2. The van der Waals surface area contributed by atoms with Gasteiger partial charge >= 0.3 is 17.9 Å². The highest BCUT2D eigenvalue weighted by molar-refractivity contribution is 5.84. The van der Waals surface area contributed by atoms with Crippen LogP contribution in [0.4, 0.5) is 0 Å². The van der Waals surface area contributed by atoms with E-state index in [1.165, 1.54) is 13.2 Å². The number of hydrogen-bond acceptors (Lipinski definition) is 7. The molecule has 24 heavy (non-hydrogen) atoms. The van der Waals surface area contributed by atoms with E-state index in [-0.39, 0.29) is 25.1 Å². The molecule has 0 aromatic heterocycles. The van der Waals surface area contributed by atoms with Crippen LogP contribution in [-0.2, 0) is 28.6 Å². The monoisotopic (exact) mass is 344 g/mol. The largest absolute Gasteiger partial charge is 0.499 e. The fourth-order valence-corrected chi connectivity index (χ4v) is 1.30. The Morgan fingerprint density at radius 1 is 1.12 bits per heavy atom. The third-order valence-corrected chi connectivity index (χ3v) is 2.47. The van der Waals surface area contributed by atoms with Gasteiger partial charge in [-0.15, -0.1) is 0 Å². The maximum atomic E-state index is 11.0. The van der Waals surface area contributed by atoms with E-state index in [1.807, 2.05) is 0 Å². The van der Waals surface area contributed by atoms with Crippen molar-refractivity contribution in [3.63, 3.8) is 0 Å². The number of carbonyl (C=O) groups excluding carboxylic acids is 3. The van der Waals surface area contributed by atoms with E-state index in [4.69, 9.17) is 9.84 Å². The number of carbonyl (C=O) groups is 3. The van der Waals surface area contributed by atoms with Gasteiger partial charge in [0.05, 0.1) is 17.9 Å². The van der Waals surface area contributed by atoms with Crippen molar-refractivity contribution in [2.24, 2.45) is 5.41 Å². The van der Waals surface area contributed by atoms with Crippen molar-refractivity contribution in [1.82, 2.24) is 0 Å². The van der Waals surface area contributed by atoms with Crippen LogP contribution in [0, 0.1) is 5.41 Å². The summed E-state index contributed by atoms with van der Waals surface area (Å²) in [6.45, 7) is 13.2. The van der Waals surface area contributed by atoms with Crippen LogP contribution in [0.15, 0.2) is 25.7 Å². The van der Waals surface area contributed by atoms with Gasteiger partial charge in [0.15, 0.2) is 0 Å². The predicted molar refractivity (Wildman–Crippen MR) is 88.5 cm³/mol. The molecule has 0 aliphatic carbocycles. The molecule has 0 aliphatic rings. The smallest absolute Gasteiger partial charge is 0.316 e. The van der Waals surface area contributed by atoms with Crippen LogP contribution >= 0.6 is 0 Å². The first-order chi connectivity index (χ1) is 11.1. The Bertz CT molecular complexity index is 421. The van der Waals surface area contributed by atoms with Crippen LogP contribution in [0.2, 0.25) is 0 Å². The molecular formula is C17H28O7. The standard InChI is InChI=1S/C10H16O5.C7H12O2/c1-3-14-9(6-7-11)4-5-10(13)15-8(2)12;1-5-9-6(8)7(2,3)4/h3,9,11H,1,4-7H2,2H3;5H,1H2,2-4H3. The maximum Gasteiger partial charge on any atom is 0.316 e. The molecule has 1 N–H and O–H groups in total. The lowest BCUT2D eigenvalue weighted by Crippen LogP contribution is -2.20. The fraction of sp³-hybridized carbons (Fsp3) is 0.588. The second kappa shape index (κ2) is 13.3. The van der Waals surface area contributed by atoms with Crippen molar-refractivity contribution in [2.75, 3.05) is 6.61 Å². The van der Waals surface area contributed by atoms with Crippen LogP contribution in [0.1, 0.15) is 47.0 Å². The number of hydrogen-bond donors (Lipinski definition) is 1. The lowest BCUT2D eigenvalue weighted by molar-refractivity contribution is -0.158. The molecule has 0 aliphatic heterocycles. The molecule has 0 aromatic rings. The molecule has 0 aromatic carbocycles. The van der Waals surface area contributed by atoms with Crippen LogP contribution in [0.25, 0.3) is 0 Å². The first-order valence-electron chi connectivity index (χ1n) is 7.48. The third-order valence-electron chi connectivity index (χ3n) is 2.47. The van der Waals surface area contributed by atoms with E-state index in [9.17, 15) is 14.4 Å². The van der Waals surface area contributed by atoms with Crippen molar-refractivity contribution in [3.05, 3.63) is 25.7 Å². The molecule has 0 saturated carbocycles. The summed E-state index contributed by atoms with van der Waals surface area (Å²) in [6.07, 6.45) is 3.02. The van der Waals surface area contributed by atoms with E-state index >= 15 is 0 Å². The second-order valence-corrected chi connectivity index (χ2v) is 5.76. The first kappa shape index (κ1) is 24.1. The zero-order valence-electron chi connectivity index (χ0n) is 14.9. The minimum atomic E-state index is -0.622. The lowest BCUT2D eigenvalue weighted by Gasteiger charge is -2.14. The summed E-state index contributed by atoms with van der Waals surface area (Å²) in [5.41, 5.74) is -0.422. The molecule has 1 unspecified atom stereocenters. The summed E-state index contributed by atoms with van der Waals surface area (Å²) >= 11 is 0. The maximum absolute atomic E-state index is 11.0. The summed E-state index contributed by atoms with van der Waals surface area (Å²) in [7, 11) is 0. The number of aliphatic hydroxyl groups excluding tert-OH is 1. The molecule has 0 amide bonds. The predicted octanol–water partition coefficient (Wildman–Crippen LogP) is 2.49. The SMILES string of the molecule is C=COC(=O)C(C)(C)C.C=COC(CCO)CCC(=O)OC(C)=O. The molecule has 0 bridgehead atoms. The second-order valence-electron chi connectivity index (χ2n) is 5.76. The summed E-state index contributed by atoms with van der Waals surface area (Å²) in [5.74, 6) is -1.46. The van der Waals surface area contributed by atoms with E-state index in [0.717, 1.165) is 6.26 Å². The van der Waals surface area contributed by atoms with Gasteiger partial charge in [0.25, 0.3) is 0 Å². The highest BCUT2D eigenvalue weighted by Gasteiger charge is 2.21. The number of aliphatic hydroxyl groups is 1. The average molecular weight is 344 g/mol. The van der Waals surface area contributed by atoms with E-state index in [0.29, 0.717) is 12.8 Å². The van der Waals surface area contributed by atoms with Crippen molar-refractivity contribution in [1.29, 1.82) is 0 Å². The molecule has 7 heteroatoms. The summed E-state index contributed by atoms with van der Waals surface area (Å²) in [6, 6.07) is 0. The molecule has 0 saturated heterocycles. The Morgan fingerprint density at radius 3 is 2.04 bits per heavy atom. The van der Waals surface area contributed by atoms with Gasteiger partial charge in [-0.25, -0.2) is 0 Å². The highest BCUT2D eigenvalue weighted by Crippen LogP contribution is 2.14. The highest BCUT2D eigenvalue weighted by atomic mass is 16.6. The molecule has 0 heterocycles.